The van der Waals surface area contributed by atoms with Crippen molar-refractivity contribution in [3.05, 3.63) is 30.5 Å². The van der Waals surface area contributed by atoms with Crippen LogP contribution in [0.3, 0.4) is 0 Å². The van der Waals surface area contributed by atoms with Gasteiger partial charge in [-0.15, -0.1) is 0 Å². The van der Waals surface area contributed by atoms with E-state index in [0.29, 0.717) is 6.54 Å². The Morgan fingerprint density at radius 1 is 1.32 bits per heavy atom. The first-order valence-corrected chi connectivity index (χ1v) is 6.21. The third-order valence-electron chi connectivity index (χ3n) is 3.11. The molecule has 5 heteroatoms. The fourth-order valence-electron chi connectivity index (χ4n) is 1.88. The number of aromatic nitrogens is 2. The van der Waals surface area contributed by atoms with Gasteiger partial charge in [0.05, 0.1) is 22.8 Å². The summed E-state index contributed by atoms with van der Waals surface area (Å²) in [7, 11) is 1.65. The van der Waals surface area contributed by atoms with Crippen molar-refractivity contribution in [1.29, 1.82) is 0 Å². The van der Waals surface area contributed by atoms with E-state index >= 15 is 0 Å². The molecule has 0 saturated heterocycles. The number of anilines is 1. The van der Waals surface area contributed by atoms with Crippen molar-refractivity contribution in [2.24, 2.45) is 5.41 Å². The molecule has 0 bridgehead atoms. The number of rotatable bonds is 4. The topological polar surface area (TPSA) is 66.9 Å². The normalized spacial score (nSPS) is 11.3. The number of carbonyl (C=O) groups is 1. The third-order valence-corrected chi connectivity index (χ3v) is 3.11. The molecule has 0 atom stereocenters. The minimum absolute atomic E-state index is 0.00585. The van der Waals surface area contributed by atoms with Crippen molar-refractivity contribution in [2.45, 2.75) is 13.8 Å². The van der Waals surface area contributed by atoms with Gasteiger partial charge < -0.3 is 10.6 Å². The number of fused-ring (bicyclic) bond motifs is 1. The summed E-state index contributed by atoms with van der Waals surface area (Å²) >= 11 is 0. The minimum Gasteiger partial charge on any atom is -0.382 e. The van der Waals surface area contributed by atoms with E-state index in [-0.39, 0.29) is 5.91 Å². The van der Waals surface area contributed by atoms with Crippen LogP contribution in [-0.4, -0.2) is 29.7 Å². The van der Waals surface area contributed by atoms with Gasteiger partial charge in [-0.2, -0.15) is 10.2 Å². The van der Waals surface area contributed by atoms with Crippen LogP contribution in [0, 0.1) is 5.41 Å². The maximum atomic E-state index is 11.7. The lowest BCUT2D eigenvalue weighted by Crippen LogP contribution is -2.39. The average Bonchev–Trinajstić information content (AvgIpc) is 2.44. The van der Waals surface area contributed by atoms with E-state index in [9.17, 15) is 4.79 Å². The van der Waals surface area contributed by atoms with Gasteiger partial charge in [-0.05, 0) is 19.9 Å². The van der Waals surface area contributed by atoms with E-state index in [1.165, 1.54) is 0 Å². The second-order valence-corrected chi connectivity index (χ2v) is 5.09. The summed E-state index contributed by atoms with van der Waals surface area (Å²) in [5, 5.41) is 15.0. The Morgan fingerprint density at radius 3 is 2.79 bits per heavy atom. The van der Waals surface area contributed by atoms with Crippen molar-refractivity contribution < 1.29 is 4.79 Å². The molecule has 0 unspecified atom stereocenters. The number of hydrogen-bond acceptors (Lipinski definition) is 4. The molecule has 0 fully saturated rings. The predicted octanol–water partition coefficient (Wildman–Crippen LogP) is 1.81. The summed E-state index contributed by atoms with van der Waals surface area (Å²) < 4.78 is 0. The molecule has 1 aromatic carbocycles. The van der Waals surface area contributed by atoms with Crippen LogP contribution >= 0.6 is 0 Å². The highest BCUT2D eigenvalue weighted by Gasteiger charge is 2.26. The minimum atomic E-state index is -0.487. The van der Waals surface area contributed by atoms with Crippen LogP contribution in [0.1, 0.15) is 13.8 Å². The standard InChI is InChI=1S/C14H18N4O/c1-14(2,13(19)15-3)9-16-12-8-17-18-11-7-5-4-6-10(11)12/h4-8H,9H2,1-3H3,(H,15,19)(H,16,18). The first kappa shape index (κ1) is 13.3. The maximum Gasteiger partial charge on any atom is 0.227 e. The first-order valence-electron chi connectivity index (χ1n) is 6.21. The smallest absolute Gasteiger partial charge is 0.227 e. The molecule has 1 heterocycles. The third kappa shape index (κ3) is 2.81. The Labute approximate surface area is 112 Å². The van der Waals surface area contributed by atoms with Crippen molar-refractivity contribution in [3.63, 3.8) is 0 Å². The Morgan fingerprint density at radius 2 is 2.05 bits per heavy atom. The molecule has 0 aliphatic carbocycles. The van der Waals surface area contributed by atoms with Gasteiger partial charge in [0, 0.05) is 19.0 Å². The Balaban J connectivity index is 2.21. The molecule has 0 aliphatic rings. The van der Waals surface area contributed by atoms with Crippen LogP contribution in [0.15, 0.2) is 30.5 Å². The van der Waals surface area contributed by atoms with Gasteiger partial charge in [0.1, 0.15) is 0 Å². The summed E-state index contributed by atoms with van der Waals surface area (Å²) in [4.78, 5) is 11.7. The number of nitrogens with one attached hydrogen (secondary N) is 2. The zero-order valence-electron chi connectivity index (χ0n) is 11.4. The molecule has 2 N–H and O–H groups in total. The summed E-state index contributed by atoms with van der Waals surface area (Å²) in [6, 6.07) is 7.78. The number of benzene rings is 1. The summed E-state index contributed by atoms with van der Waals surface area (Å²) in [5.74, 6) is 0.00585. The van der Waals surface area contributed by atoms with E-state index in [4.69, 9.17) is 0 Å². The Hall–Kier alpha value is -2.17. The molecule has 0 spiro atoms. The van der Waals surface area contributed by atoms with Crippen LogP contribution in [0.2, 0.25) is 0 Å². The summed E-state index contributed by atoms with van der Waals surface area (Å²) in [6.45, 7) is 4.33. The molecule has 1 aromatic heterocycles. The molecule has 2 rings (SSSR count). The molecule has 19 heavy (non-hydrogen) atoms. The van der Waals surface area contributed by atoms with Crippen LogP contribution in [-0.2, 0) is 4.79 Å². The largest absolute Gasteiger partial charge is 0.382 e. The van der Waals surface area contributed by atoms with Gasteiger partial charge in [-0.1, -0.05) is 18.2 Å². The SMILES string of the molecule is CNC(=O)C(C)(C)CNc1cnnc2ccccc12. The maximum absolute atomic E-state index is 11.7. The van der Waals surface area contributed by atoms with E-state index in [0.717, 1.165) is 16.6 Å². The lowest BCUT2D eigenvalue weighted by molar-refractivity contribution is -0.128. The van der Waals surface area contributed by atoms with Gasteiger partial charge in [0.2, 0.25) is 5.91 Å². The predicted molar refractivity (Wildman–Crippen MR) is 75.9 cm³/mol. The molecule has 100 valence electrons. The zero-order chi connectivity index (χ0) is 13.9. The fourth-order valence-corrected chi connectivity index (χ4v) is 1.88. The van der Waals surface area contributed by atoms with Crippen LogP contribution < -0.4 is 10.6 Å². The van der Waals surface area contributed by atoms with E-state index in [1.54, 1.807) is 13.2 Å². The zero-order valence-corrected chi connectivity index (χ0v) is 11.4. The van der Waals surface area contributed by atoms with Crippen LogP contribution in [0.25, 0.3) is 10.9 Å². The highest BCUT2D eigenvalue weighted by atomic mass is 16.2. The van der Waals surface area contributed by atoms with E-state index < -0.39 is 5.41 Å². The average molecular weight is 258 g/mol. The van der Waals surface area contributed by atoms with Crippen molar-refractivity contribution >= 4 is 22.5 Å². The van der Waals surface area contributed by atoms with Gasteiger partial charge in [-0.25, -0.2) is 0 Å². The quantitative estimate of drug-likeness (QED) is 0.877. The van der Waals surface area contributed by atoms with Gasteiger partial charge in [-0.3, -0.25) is 4.79 Å². The Kier molecular flexibility index (Phi) is 3.64. The summed E-state index contributed by atoms with van der Waals surface area (Å²) in [6.07, 6.45) is 1.68. The highest BCUT2D eigenvalue weighted by Crippen LogP contribution is 2.22. The first-order chi connectivity index (χ1) is 9.04. The van der Waals surface area contributed by atoms with Crippen molar-refractivity contribution in [1.82, 2.24) is 15.5 Å². The number of amides is 1. The summed E-state index contributed by atoms with van der Waals surface area (Å²) in [5.41, 5.74) is 1.24. The second-order valence-electron chi connectivity index (χ2n) is 5.09. The lowest BCUT2D eigenvalue weighted by atomic mass is 9.92. The molecule has 0 aliphatic heterocycles. The van der Waals surface area contributed by atoms with Gasteiger partial charge in [0.25, 0.3) is 0 Å². The van der Waals surface area contributed by atoms with E-state index in [1.807, 2.05) is 38.1 Å². The number of hydrogen-bond donors (Lipinski definition) is 2. The van der Waals surface area contributed by atoms with Crippen molar-refractivity contribution in [3.8, 4) is 0 Å². The van der Waals surface area contributed by atoms with Gasteiger partial charge in [0.15, 0.2) is 0 Å². The highest BCUT2D eigenvalue weighted by molar-refractivity contribution is 5.90. The van der Waals surface area contributed by atoms with Gasteiger partial charge >= 0.3 is 0 Å². The number of nitrogens with zero attached hydrogens (tertiary/aromatic N) is 2. The molecule has 0 radical (unpaired) electrons. The van der Waals surface area contributed by atoms with Crippen LogP contribution in [0.5, 0.6) is 0 Å². The number of carbonyl (C=O) groups excluding carboxylic acids is 1. The molecule has 1 amide bonds. The molecule has 2 aromatic rings. The Bertz CT molecular complexity index is 590. The van der Waals surface area contributed by atoms with Crippen LogP contribution in [0.4, 0.5) is 5.69 Å². The van der Waals surface area contributed by atoms with Crippen molar-refractivity contribution in [2.75, 3.05) is 18.9 Å². The molecular formula is C14H18N4O. The monoisotopic (exact) mass is 258 g/mol. The lowest BCUT2D eigenvalue weighted by Gasteiger charge is -2.23. The molecular weight excluding hydrogens is 240 g/mol. The molecule has 5 nitrogen and oxygen atoms in total. The fraction of sp³-hybridized carbons (Fsp3) is 0.357. The van der Waals surface area contributed by atoms with E-state index in [2.05, 4.69) is 20.8 Å². The molecule has 0 saturated carbocycles. The second kappa shape index (κ2) is 5.22.